The number of aliphatic hydroxyl groups excluding tert-OH is 1. The number of likely N-dealkylation sites (tertiary alicyclic amines) is 1. The summed E-state index contributed by atoms with van der Waals surface area (Å²) in [5.74, 6) is 1.40. The summed E-state index contributed by atoms with van der Waals surface area (Å²) in [7, 11) is 0. The zero-order valence-electron chi connectivity index (χ0n) is 11.1. The third-order valence-corrected chi connectivity index (χ3v) is 3.27. The van der Waals surface area contributed by atoms with Crippen molar-refractivity contribution >= 4 is 0 Å². The summed E-state index contributed by atoms with van der Waals surface area (Å²) in [5.41, 5.74) is 0. The molecule has 0 bridgehead atoms. The molecule has 1 saturated heterocycles. The van der Waals surface area contributed by atoms with E-state index >= 15 is 0 Å². The first-order valence-electron chi connectivity index (χ1n) is 6.72. The smallest absolute Gasteiger partial charge is 0.0434 e. The average molecular weight is 228 g/mol. The highest BCUT2D eigenvalue weighted by Gasteiger charge is 2.26. The van der Waals surface area contributed by atoms with Crippen molar-refractivity contribution in [2.75, 3.05) is 32.8 Å². The quantitative estimate of drug-likeness (QED) is 0.720. The summed E-state index contributed by atoms with van der Waals surface area (Å²) in [6, 6.07) is 0.619. The second-order valence-electron chi connectivity index (χ2n) is 5.48. The highest BCUT2D eigenvalue weighted by Crippen LogP contribution is 2.20. The minimum absolute atomic E-state index is 0.332. The molecule has 1 fully saturated rings. The van der Waals surface area contributed by atoms with Gasteiger partial charge in [-0.1, -0.05) is 20.8 Å². The van der Waals surface area contributed by atoms with Crippen LogP contribution < -0.4 is 5.32 Å². The maximum atomic E-state index is 9.06. The summed E-state index contributed by atoms with van der Waals surface area (Å²) in [5, 5.41) is 12.6. The van der Waals surface area contributed by atoms with E-state index < -0.39 is 0 Å². The first-order valence-corrected chi connectivity index (χ1v) is 6.72. The van der Waals surface area contributed by atoms with E-state index in [-0.39, 0.29) is 0 Å². The minimum atomic E-state index is 0.332. The van der Waals surface area contributed by atoms with Gasteiger partial charge in [-0.25, -0.2) is 0 Å². The standard InChI is InChI=1S/C13H28N2O/c1-4-14-13-7-12(5-6-16)9-15(10-13)8-11(2)3/h11-14,16H,4-10H2,1-3H3. The number of hydrogen-bond acceptors (Lipinski definition) is 3. The highest BCUT2D eigenvalue weighted by molar-refractivity contribution is 4.83. The van der Waals surface area contributed by atoms with E-state index in [1.165, 1.54) is 26.1 Å². The zero-order chi connectivity index (χ0) is 12.0. The van der Waals surface area contributed by atoms with Gasteiger partial charge >= 0.3 is 0 Å². The van der Waals surface area contributed by atoms with Gasteiger partial charge in [0.15, 0.2) is 0 Å². The Hall–Kier alpha value is -0.120. The van der Waals surface area contributed by atoms with E-state index in [9.17, 15) is 0 Å². The second-order valence-corrected chi connectivity index (χ2v) is 5.48. The molecule has 3 nitrogen and oxygen atoms in total. The molecule has 2 N–H and O–H groups in total. The number of nitrogens with zero attached hydrogens (tertiary/aromatic N) is 1. The number of hydrogen-bond donors (Lipinski definition) is 2. The van der Waals surface area contributed by atoms with Crippen molar-refractivity contribution in [3.05, 3.63) is 0 Å². The summed E-state index contributed by atoms with van der Waals surface area (Å²) < 4.78 is 0. The molecule has 2 unspecified atom stereocenters. The van der Waals surface area contributed by atoms with E-state index in [0.29, 0.717) is 18.6 Å². The number of aliphatic hydroxyl groups is 1. The molecule has 0 radical (unpaired) electrons. The summed E-state index contributed by atoms with van der Waals surface area (Å²) >= 11 is 0. The fraction of sp³-hybridized carbons (Fsp3) is 1.00. The van der Waals surface area contributed by atoms with Gasteiger partial charge in [0.2, 0.25) is 0 Å². The maximum Gasteiger partial charge on any atom is 0.0434 e. The SMILES string of the molecule is CCNC1CC(CCO)CN(CC(C)C)C1. The van der Waals surface area contributed by atoms with Crippen molar-refractivity contribution in [3.63, 3.8) is 0 Å². The Bertz CT molecular complexity index is 171. The lowest BCUT2D eigenvalue weighted by Crippen LogP contribution is -2.50. The molecule has 0 aromatic heterocycles. The van der Waals surface area contributed by atoms with Crippen molar-refractivity contribution in [3.8, 4) is 0 Å². The topological polar surface area (TPSA) is 35.5 Å². The lowest BCUT2D eigenvalue weighted by atomic mass is 9.91. The minimum Gasteiger partial charge on any atom is -0.396 e. The summed E-state index contributed by atoms with van der Waals surface area (Å²) in [6.07, 6.45) is 2.18. The number of nitrogens with one attached hydrogen (secondary N) is 1. The van der Waals surface area contributed by atoms with Gasteiger partial charge in [0.1, 0.15) is 0 Å². The van der Waals surface area contributed by atoms with Gasteiger partial charge in [-0.15, -0.1) is 0 Å². The third-order valence-electron chi connectivity index (χ3n) is 3.27. The van der Waals surface area contributed by atoms with Crippen LogP contribution in [0, 0.1) is 11.8 Å². The largest absolute Gasteiger partial charge is 0.396 e. The molecule has 1 aliphatic heterocycles. The predicted molar refractivity (Wildman–Crippen MR) is 68.6 cm³/mol. The van der Waals surface area contributed by atoms with Crippen molar-refractivity contribution in [1.29, 1.82) is 0 Å². The number of rotatable bonds is 6. The Morgan fingerprint density at radius 1 is 1.38 bits per heavy atom. The Morgan fingerprint density at radius 2 is 2.12 bits per heavy atom. The first-order chi connectivity index (χ1) is 7.65. The van der Waals surface area contributed by atoms with Gasteiger partial charge in [0, 0.05) is 32.3 Å². The highest BCUT2D eigenvalue weighted by atomic mass is 16.3. The predicted octanol–water partition coefficient (Wildman–Crippen LogP) is 1.32. The van der Waals surface area contributed by atoms with Gasteiger partial charge < -0.3 is 15.3 Å². The normalized spacial score (nSPS) is 27.6. The molecule has 1 aliphatic rings. The van der Waals surface area contributed by atoms with Crippen molar-refractivity contribution in [2.24, 2.45) is 11.8 Å². The number of likely N-dealkylation sites (N-methyl/N-ethyl adjacent to an activating group) is 1. The second kappa shape index (κ2) is 7.25. The van der Waals surface area contributed by atoms with E-state index in [0.717, 1.165) is 18.9 Å². The van der Waals surface area contributed by atoms with Crippen molar-refractivity contribution in [1.82, 2.24) is 10.2 Å². The van der Waals surface area contributed by atoms with Crippen LogP contribution in [0.3, 0.4) is 0 Å². The average Bonchev–Trinajstić information content (AvgIpc) is 2.17. The zero-order valence-corrected chi connectivity index (χ0v) is 11.1. The van der Waals surface area contributed by atoms with Gasteiger partial charge in [-0.2, -0.15) is 0 Å². The maximum absolute atomic E-state index is 9.06. The molecule has 0 saturated carbocycles. The van der Waals surface area contributed by atoms with Gasteiger partial charge in [0.25, 0.3) is 0 Å². The van der Waals surface area contributed by atoms with E-state index in [1.54, 1.807) is 0 Å². The Kier molecular flexibility index (Phi) is 6.32. The van der Waals surface area contributed by atoms with Crippen LogP contribution in [0.2, 0.25) is 0 Å². The molecule has 1 heterocycles. The molecule has 3 heteroatoms. The van der Waals surface area contributed by atoms with Crippen LogP contribution in [0.4, 0.5) is 0 Å². The van der Waals surface area contributed by atoms with Crippen LogP contribution in [0.15, 0.2) is 0 Å². The monoisotopic (exact) mass is 228 g/mol. The molecule has 0 aliphatic carbocycles. The molecular formula is C13H28N2O. The van der Waals surface area contributed by atoms with Gasteiger partial charge in [-0.3, -0.25) is 0 Å². The lowest BCUT2D eigenvalue weighted by molar-refractivity contribution is 0.112. The lowest BCUT2D eigenvalue weighted by Gasteiger charge is -2.38. The molecular weight excluding hydrogens is 200 g/mol. The molecule has 0 amide bonds. The number of piperidine rings is 1. The van der Waals surface area contributed by atoms with Crippen molar-refractivity contribution < 1.29 is 5.11 Å². The molecule has 96 valence electrons. The van der Waals surface area contributed by atoms with Crippen LogP contribution in [0.5, 0.6) is 0 Å². The van der Waals surface area contributed by atoms with Crippen LogP contribution in [-0.2, 0) is 0 Å². The van der Waals surface area contributed by atoms with Crippen LogP contribution in [-0.4, -0.2) is 48.8 Å². The van der Waals surface area contributed by atoms with Gasteiger partial charge in [0.05, 0.1) is 0 Å². The molecule has 0 aromatic rings. The Labute approximate surface area is 100 Å². The van der Waals surface area contributed by atoms with Crippen LogP contribution in [0.25, 0.3) is 0 Å². The molecule has 1 rings (SSSR count). The first kappa shape index (κ1) is 13.9. The van der Waals surface area contributed by atoms with Crippen molar-refractivity contribution in [2.45, 2.75) is 39.7 Å². The van der Waals surface area contributed by atoms with E-state index in [2.05, 4.69) is 31.0 Å². The van der Waals surface area contributed by atoms with Crippen LogP contribution >= 0.6 is 0 Å². The fourth-order valence-corrected chi connectivity index (χ4v) is 2.80. The Balaban J connectivity index is 2.45. The van der Waals surface area contributed by atoms with E-state index in [1.807, 2.05) is 0 Å². The van der Waals surface area contributed by atoms with Crippen LogP contribution in [0.1, 0.15) is 33.6 Å². The van der Waals surface area contributed by atoms with E-state index in [4.69, 9.17) is 5.11 Å². The molecule has 0 spiro atoms. The molecule has 2 atom stereocenters. The Morgan fingerprint density at radius 3 is 2.69 bits per heavy atom. The molecule has 0 aromatic carbocycles. The van der Waals surface area contributed by atoms with Gasteiger partial charge in [-0.05, 0) is 31.2 Å². The molecule has 16 heavy (non-hydrogen) atoms. The summed E-state index contributed by atoms with van der Waals surface area (Å²) in [6.45, 7) is 11.6. The third kappa shape index (κ3) is 4.81. The summed E-state index contributed by atoms with van der Waals surface area (Å²) in [4.78, 5) is 2.56. The fourth-order valence-electron chi connectivity index (χ4n) is 2.80.